The molecule has 1 atom stereocenters. The zero-order valence-corrected chi connectivity index (χ0v) is 16.2. The lowest BCUT2D eigenvalue weighted by Gasteiger charge is -2.31. The lowest BCUT2D eigenvalue weighted by molar-refractivity contribution is 0.0939. The number of fused-ring (bicyclic) bond motifs is 1. The van der Waals surface area contributed by atoms with Crippen LogP contribution in [0.15, 0.2) is 47.4 Å². The van der Waals surface area contributed by atoms with Crippen molar-refractivity contribution >= 4 is 35.0 Å². The van der Waals surface area contributed by atoms with Crippen LogP contribution in [0.25, 0.3) is 0 Å². The average Bonchev–Trinajstić information content (AvgIpc) is 2.63. The van der Waals surface area contributed by atoms with Gasteiger partial charge in [0.2, 0.25) is 0 Å². The van der Waals surface area contributed by atoms with Crippen molar-refractivity contribution < 1.29 is 4.79 Å². The number of anilines is 1. The minimum Gasteiger partial charge on any atom is -0.365 e. The highest BCUT2D eigenvalue weighted by molar-refractivity contribution is 7.99. The Morgan fingerprint density at radius 1 is 1.28 bits per heavy atom. The SMILES string of the molecule is CC[C@@H](C)NC(=O)c1ccc2c(c1)N(Cc1ccc(Cl)cc1)CCS2. The van der Waals surface area contributed by atoms with Gasteiger partial charge in [-0.2, -0.15) is 0 Å². The van der Waals surface area contributed by atoms with Gasteiger partial charge in [0.15, 0.2) is 0 Å². The Morgan fingerprint density at radius 3 is 2.76 bits per heavy atom. The number of nitrogens with one attached hydrogen (secondary N) is 1. The molecule has 3 rings (SSSR count). The monoisotopic (exact) mass is 374 g/mol. The summed E-state index contributed by atoms with van der Waals surface area (Å²) in [5, 5.41) is 3.80. The number of carbonyl (C=O) groups is 1. The van der Waals surface area contributed by atoms with Crippen LogP contribution >= 0.6 is 23.4 Å². The van der Waals surface area contributed by atoms with Crippen LogP contribution in [0.1, 0.15) is 36.2 Å². The zero-order valence-electron chi connectivity index (χ0n) is 14.6. The second-order valence-corrected chi connectivity index (χ2v) is 7.93. The fourth-order valence-corrected chi connectivity index (χ4v) is 3.96. The molecule has 2 aromatic carbocycles. The Bertz CT molecular complexity index is 748. The molecule has 0 radical (unpaired) electrons. The number of nitrogens with zero attached hydrogens (tertiary/aromatic N) is 1. The molecule has 0 aromatic heterocycles. The van der Waals surface area contributed by atoms with Crippen molar-refractivity contribution in [1.29, 1.82) is 0 Å². The van der Waals surface area contributed by atoms with Gasteiger partial charge in [0, 0.05) is 40.4 Å². The average molecular weight is 375 g/mol. The van der Waals surface area contributed by atoms with Gasteiger partial charge < -0.3 is 10.2 Å². The van der Waals surface area contributed by atoms with Gasteiger partial charge in [-0.3, -0.25) is 4.79 Å². The maximum absolute atomic E-state index is 12.5. The summed E-state index contributed by atoms with van der Waals surface area (Å²) in [5.74, 6) is 1.05. The molecular weight excluding hydrogens is 352 g/mol. The first-order chi connectivity index (χ1) is 12.1. The van der Waals surface area contributed by atoms with Crippen molar-refractivity contribution in [2.75, 3.05) is 17.2 Å². The zero-order chi connectivity index (χ0) is 17.8. The molecule has 25 heavy (non-hydrogen) atoms. The molecule has 1 amide bonds. The number of benzene rings is 2. The second kappa shape index (κ2) is 8.15. The number of hydrogen-bond acceptors (Lipinski definition) is 3. The first-order valence-corrected chi connectivity index (χ1v) is 10.00. The van der Waals surface area contributed by atoms with Gasteiger partial charge in [-0.05, 0) is 49.2 Å². The number of thioether (sulfide) groups is 1. The predicted octanol–water partition coefficient (Wildman–Crippen LogP) is 4.98. The second-order valence-electron chi connectivity index (χ2n) is 6.36. The van der Waals surface area contributed by atoms with E-state index in [2.05, 4.69) is 35.3 Å². The first-order valence-electron chi connectivity index (χ1n) is 8.64. The van der Waals surface area contributed by atoms with Crippen LogP contribution in [-0.4, -0.2) is 24.2 Å². The molecule has 0 saturated heterocycles. The van der Waals surface area contributed by atoms with Gasteiger partial charge in [-0.25, -0.2) is 0 Å². The van der Waals surface area contributed by atoms with E-state index in [4.69, 9.17) is 11.6 Å². The predicted molar refractivity (Wildman–Crippen MR) is 107 cm³/mol. The molecule has 0 bridgehead atoms. The Hall–Kier alpha value is -1.65. The lowest BCUT2D eigenvalue weighted by atomic mass is 10.1. The minimum absolute atomic E-state index is 0.000772. The van der Waals surface area contributed by atoms with Crippen molar-refractivity contribution in [3.05, 3.63) is 58.6 Å². The third-order valence-electron chi connectivity index (χ3n) is 4.46. The third kappa shape index (κ3) is 4.50. The van der Waals surface area contributed by atoms with Crippen LogP contribution in [0.5, 0.6) is 0 Å². The molecule has 1 aliphatic heterocycles. The molecular formula is C20H23ClN2OS. The van der Waals surface area contributed by atoms with Crippen LogP contribution in [0.4, 0.5) is 5.69 Å². The summed E-state index contributed by atoms with van der Waals surface area (Å²) in [7, 11) is 0. The number of carbonyl (C=O) groups excluding carboxylic acids is 1. The summed E-state index contributed by atoms with van der Waals surface area (Å²) >= 11 is 7.83. The summed E-state index contributed by atoms with van der Waals surface area (Å²) in [4.78, 5) is 16.0. The van der Waals surface area contributed by atoms with Gasteiger partial charge in [-0.1, -0.05) is 30.7 Å². The van der Waals surface area contributed by atoms with E-state index in [0.717, 1.165) is 41.5 Å². The molecule has 3 nitrogen and oxygen atoms in total. The lowest BCUT2D eigenvalue weighted by Crippen LogP contribution is -2.33. The quantitative estimate of drug-likeness (QED) is 0.800. The number of hydrogen-bond donors (Lipinski definition) is 1. The molecule has 1 heterocycles. The van der Waals surface area contributed by atoms with Gasteiger partial charge in [0.25, 0.3) is 5.91 Å². The molecule has 0 fully saturated rings. The highest BCUT2D eigenvalue weighted by atomic mass is 35.5. The van der Waals surface area contributed by atoms with Gasteiger partial charge in [-0.15, -0.1) is 11.8 Å². The standard InChI is InChI=1S/C20H23ClN2OS/c1-3-14(2)22-20(24)16-6-9-19-18(12-16)23(10-11-25-19)13-15-4-7-17(21)8-5-15/h4-9,12,14H,3,10-11,13H2,1-2H3,(H,22,24)/t14-/m1/s1. The van der Waals surface area contributed by atoms with Crippen LogP contribution in [-0.2, 0) is 6.54 Å². The Kier molecular flexibility index (Phi) is 5.92. The van der Waals surface area contributed by atoms with Crippen molar-refractivity contribution in [3.63, 3.8) is 0 Å². The van der Waals surface area contributed by atoms with E-state index < -0.39 is 0 Å². The van der Waals surface area contributed by atoms with Crippen molar-refractivity contribution in [2.24, 2.45) is 0 Å². The molecule has 132 valence electrons. The topological polar surface area (TPSA) is 32.3 Å². The van der Waals surface area contributed by atoms with Crippen molar-refractivity contribution in [1.82, 2.24) is 5.32 Å². The molecule has 0 aliphatic carbocycles. The van der Waals surface area contributed by atoms with E-state index in [1.165, 1.54) is 10.5 Å². The number of rotatable bonds is 5. The van der Waals surface area contributed by atoms with Crippen molar-refractivity contribution in [2.45, 2.75) is 37.8 Å². The maximum atomic E-state index is 12.5. The Labute approximate surface area is 158 Å². The van der Waals surface area contributed by atoms with Crippen molar-refractivity contribution in [3.8, 4) is 0 Å². The third-order valence-corrected chi connectivity index (χ3v) is 5.75. The number of halogens is 1. The summed E-state index contributed by atoms with van der Waals surface area (Å²) < 4.78 is 0. The minimum atomic E-state index is -0.000772. The smallest absolute Gasteiger partial charge is 0.251 e. The van der Waals surface area contributed by atoms with E-state index in [0.29, 0.717) is 0 Å². The molecule has 0 saturated carbocycles. The summed E-state index contributed by atoms with van der Waals surface area (Å²) in [5.41, 5.74) is 3.09. The number of amides is 1. The molecule has 0 spiro atoms. The van der Waals surface area contributed by atoms with E-state index in [1.54, 1.807) is 0 Å². The maximum Gasteiger partial charge on any atom is 0.251 e. The van der Waals surface area contributed by atoms with Crippen LogP contribution in [0, 0.1) is 0 Å². The summed E-state index contributed by atoms with van der Waals surface area (Å²) in [6.45, 7) is 5.89. The molecule has 0 unspecified atom stereocenters. The van der Waals surface area contributed by atoms with Crippen LogP contribution in [0.3, 0.4) is 0 Å². The largest absolute Gasteiger partial charge is 0.365 e. The first kappa shape index (κ1) is 18.2. The summed E-state index contributed by atoms with van der Waals surface area (Å²) in [6, 6.07) is 14.2. The Morgan fingerprint density at radius 2 is 2.04 bits per heavy atom. The van der Waals surface area contributed by atoms with Crippen LogP contribution in [0.2, 0.25) is 5.02 Å². The summed E-state index contributed by atoms with van der Waals surface area (Å²) in [6.07, 6.45) is 0.926. The van der Waals surface area contributed by atoms with Gasteiger partial charge in [0.05, 0.1) is 5.69 Å². The van der Waals surface area contributed by atoms with Gasteiger partial charge in [0.1, 0.15) is 0 Å². The van der Waals surface area contributed by atoms with Crippen LogP contribution < -0.4 is 10.2 Å². The fourth-order valence-electron chi connectivity index (χ4n) is 2.80. The van der Waals surface area contributed by atoms with E-state index in [9.17, 15) is 4.79 Å². The van der Waals surface area contributed by atoms with Gasteiger partial charge >= 0.3 is 0 Å². The van der Waals surface area contributed by atoms with E-state index >= 15 is 0 Å². The fraction of sp³-hybridized carbons (Fsp3) is 0.350. The normalized spacial score (nSPS) is 14.8. The molecule has 1 aliphatic rings. The molecule has 5 heteroatoms. The highest BCUT2D eigenvalue weighted by Crippen LogP contribution is 2.36. The Balaban J connectivity index is 1.82. The highest BCUT2D eigenvalue weighted by Gasteiger charge is 2.20. The molecule has 1 N–H and O–H groups in total. The molecule has 2 aromatic rings. The van der Waals surface area contributed by atoms with E-state index in [-0.39, 0.29) is 11.9 Å². The van der Waals surface area contributed by atoms with E-state index in [1.807, 2.05) is 43.0 Å².